The highest BCUT2D eigenvalue weighted by molar-refractivity contribution is 5.32. The highest BCUT2D eigenvalue weighted by Crippen LogP contribution is 2.24. The molecule has 1 heterocycles. The van der Waals surface area contributed by atoms with Crippen molar-refractivity contribution in [3.63, 3.8) is 0 Å². The van der Waals surface area contributed by atoms with Crippen LogP contribution < -0.4 is 5.32 Å². The second-order valence-corrected chi connectivity index (χ2v) is 4.79. The Hall–Kier alpha value is -1.77. The van der Waals surface area contributed by atoms with Crippen LogP contribution in [-0.4, -0.2) is 15.6 Å². The lowest BCUT2D eigenvalue weighted by atomic mass is 10.1. The number of benzene rings is 1. The van der Waals surface area contributed by atoms with Crippen LogP contribution >= 0.6 is 0 Å². The molecule has 3 nitrogen and oxygen atoms in total. The molecule has 0 radical (unpaired) electrons. The van der Waals surface area contributed by atoms with E-state index in [-0.39, 0.29) is 0 Å². The smallest absolute Gasteiger partial charge is 0.203 e. The molecule has 0 spiro atoms. The van der Waals surface area contributed by atoms with E-state index < -0.39 is 0 Å². The summed E-state index contributed by atoms with van der Waals surface area (Å²) in [5.74, 6) is 0.994. The molecule has 1 saturated carbocycles. The molecule has 1 aliphatic rings. The van der Waals surface area contributed by atoms with Gasteiger partial charge >= 0.3 is 0 Å². The quantitative estimate of drug-likeness (QED) is 0.870. The van der Waals surface area contributed by atoms with Gasteiger partial charge in [-0.05, 0) is 25.3 Å². The van der Waals surface area contributed by atoms with Crippen LogP contribution in [0.4, 0.5) is 5.95 Å². The summed E-state index contributed by atoms with van der Waals surface area (Å²) in [5, 5.41) is 3.45. The summed E-state index contributed by atoms with van der Waals surface area (Å²) in [6.07, 6.45) is 6.45. The predicted molar refractivity (Wildman–Crippen MR) is 69.2 cm³/mol. The Labute approximate surface area is 101 Å². The summed E-state index contributed by atoms with van der Waals surface area (Å²) in [7, 11) is 0. The Bertz CT molecular complexity index is 512. The minimum absolute atomic E-state index is 0.647. The predicted octanol–water partition coefficient (Wildman–Crippen LogP) is 2.81. The average Bonchev–Trinajstić information content (AvgIpc) is 3.01. The second kappa shape index (κ2) is 4.24. The van der Waals surface area contributed by atoms with E-state index >= 15 is 0 Å². The van der Waals surface area contributed by atoms with Crippen molar-refractivity contribution in [2.45, 2.75) is 32.4 Å². The van der Waals surface area contributed by atoms with E-state index in [4.69, 9.17) is 0 Å². The zero-order chi connectivity index (χ0) is 11.7. The van der Waals surface area contributed by atoms with E-state index in [1.807, 2.05) is 12.4 Å². The minimum Gasteiger partial charge on any atom is -0.353 e. The SMILES string of the molecule is Cc1cccc(Cn2ccnc2NC2CC2)c1. The first-order chi connectivity index (χ1) is 8.31. The van der Waals surface area contributed by atoms with Crippen LogP contribution in [0.2, 0.25) is 0 Å². The summed E-state index contributed by atoms with van der Waals surface area (Å²) < 4.78 is 2.17. The number of rotatable bonds is 4. The van der Waals surface area contributed by atoms with Gasteiger partial charge < -0.3 is 9.88 Å². The Balaban J connectivity index is 1.77. The van der Waals surface area contributed by atoms with Crippen LogP contribution in [0, 0.1) is 6.92 Å². The van der Waals surface area contributed by atoms with Gasteiger partial charge in [0, 0.05) is 18.4 Å². The van der Waals surface area contributed by atoms with Crippen LogP contribution in [0.5, 0.6) is 0 Å². The van der Waals surface area contributed by atoms with Gasteiger partial charge in [-0.25, -0.2) is 4.98 Å². The molecule has 1 fully saturated rings. The lowest BCUT2D eigenvalue weighted by Crippen LogP contribution is -2.09. The lowest BCUT2D eigenvalue weighted by Gasteiger charge is -2.09. The highest BCUT2D eigenvalue weighted by atomic mass is 15.2. The molecule has 3 rings (SSSR count). The third-order valence-corrected chi connectivity index (χ3v) is 3.06. The Morgan fingerprint density at radius 1 is 1.41 bits per heavy atom. The first-order valence-electron chi connectivity index (χ1n) is 6.14. The van der Waals surface area contributed by atoms with Crippen LogP contribution in [0.1, 0.15) is 24.0 Å². The van der Waals surface area contributed by atoms with Crippen molar-refractivity contribution in [1.29, 1.82) is 0 Å². The molecule has 0 atom stereocenters. The molecule has 17 heavy (non-hydrogen) atoms. The fourth-order valence-corrected chi connectivity index (χ4v) is 1.99. The molecule has 0 unspecified atom stereocenters. The van der Waals surface area contributed by atoms with Crippen molar-refractivity contribution >= 4 is 5.95 Å². The number of aromatic nitrogens is 2. The summed E-state index contributed by atoms with van der Waals surface area (Å²) in [6, 6.07) is 9.26. The zero-order valence-electron chi connectivity index (χ0n) is 10.1. The van der Waals surface area contributed by atoms with Gasteiger partial charge in [0.25, 0.3) is 0 Å². The van der Waals surface area contributed by atoms with Crippen LogP contribution in [0.15, 0.2) is 36.7 Å². The number of hydrogen-bond acceptors (Lipinski definition) is 2. The van der Waals surface area contributed by atoms with Gasteiger partial charge in [0.15, 0.2) is 0 Å². The van der Waals surface area contributed by atoms with Crippen molar-refractivity contribution in [2.75, 3.05) is 5.32 Å². The lowest BCUT2D eigenvalue weighted by molar-refractivity contribution is 0.796. The molecule has 0 bridgehead atoms. The maximum absolute atomic E-state index is 4.37. The van der Waals surface area contributed by atoms with E-state index in [2.05, 4.69) is 46.1 Å². The third kappa shape index (κ3) is 2.49. The highest BCUT2D eigenvalue weighted by Gasteiger charge is 2.22. The number of nitrogens with one attached hydrogen (secondary N) is 1. The van der Waals surface area contributed by atoms with Crippen molar-refractivity contribution in [3.05, 3.63) is 47.8 Å². The van der Waals surface area contributed by atoms with Gasteiger partial charge in [-0.2, -0.15) is 0 Å². The summed E-state index contributed by atoms with van der Waals surface area (Å²) >= 11 is 0. The molecule has 1 N–H and O–H groups in total. The van der Waals surface area contributed by atoms with E-state index in [1.54, 1.807) is 0 Å². The average molecular weight is 227 g/mol. The molecule has 0 saturated heterocycles. The van der Waals surface area contributed by atoms with Crippen molar-refractivity contribution in [2.24, 2.45) is 0 Å². The Kier molecular flexibility index (Phi) is 2.59. The van der Waals surface area contributed by atoms with Crippen molar-refractivity contribution in [3.8, 4) is 0 Å². The topological polar surface area (TPSA) is 29.9 Å². The number of anilines is 1. The molecular formula is C14H17N3. The Morgan fingerprint density at radius 3 is 3.06 bits per heavy atom. The van der Waals surface area contributed by atoms with E-state index in [0.717, 1.165) is 12.5 Å². The molecule has 1 aromatic carbocycles. The molecule has 1 aromatic heterocycles. The normalized spacial score (nSPS) is 14.9. The summed E-state index contributed by atoms with van der Waals surface area (Å²) in [6.45, 7) is 3.01. The van der Waals surface area contributed by atoms with Gasteiger partial charge in [0.05, 0.1) is 6.54 Å². The van der Waals surface area contributed by atoms with Gasteiger partial charge in [-0.1, -0.05) is 29.8 Å². The number of hydrogen-bond donors (Lipinski definition) is 1. The van der Waals surface area contributed by atoms with E-state index in [1.165, 1.54) is 24.0 Å². The standard InChI is InChI=1S/C14H17N3/c1-11-3-2-4-12(9-11)10-17-8-7-15-14(17)16-13-5-6-13/h2-4,7-9,13H,5-6,10H2,1H3,(H,15,16). The fourth-order valence-electron chi connectivity index (χ4n) is 1.99. The maximum Gasteiger partial charge on any atom is 0.203 e. The van der Waals surface area contributed by atoms with Crippen molar-refractivity contribution < 1.29 is 0 Å². The maximum atomic E-state index is 4.37. The fraction of sp³-hybridized carbons (Fsp3) is 0.357. The number of aryl methyl sites for hydroxylation is 1. The van der Waals surface area contributed by atoms with Crippen molar-refractivity contribution in [1.82, 2.24) is 9.55 Å². The van der Waals surface area contributed by atoms with E-state index in [0.29, 0.717) is 6.04 Å². The molecule has 88 valence electrons. The molecular weight excluding hydrogens is 210 g/mol. The first-order valence-corrected chi connectivity index (χ1v) is 6.14. The number of nitrogens with zero attached hydrogens (tertiary/aromatic N) is 2. The van der Waals surface area contributed by atoms with Gasteiger partial charge in [-0.3, -0.25) is 0 Å². The third-order valence-electron chi connectivity index (χ3n) is 3.06. The van der Waals surface area contributed by atoms with Crippen LogP contribution in [-0.2, 0) is 6.54 Å². The zero-order valence-corrected chi connectivity index (χ0v) is 10.1. The monoisotopic (exact) mass is 227 g/mol. The first kappa shape index (κ1) is 10.4. The molecule has 3 heteroatoms. The van der Waals surface area contributed by atoms with E-state index in [9.17, 15) is 0 Å². The second-order valence-electron chi connectivity index (χ2n) is 4.79. The Morgan fingerprint density at radius 2 is 2.29 bits per heavy atom. The summed E-state index contributed by atoms with van der Waals surface area (Å²) in [4.78, 5) is 4.37. The molecule has 1 aliphatic carbocycles. The van der Waals surface area contributed by atoms with Crippen LogP contribution in [0.25, 0.3) is 0 Å². The molecule has 0 amide bonds. The van der Waals surface area contributed by atoms with Gasteiger partial charge in [0.1, 0.15) is 0 Å². The minimum atomic E-state index is 0.647. The molecule has 2 aromatic rings. The number of imidazole rings is 1. The molecule has 0 aliphatic heterocycles. The van der Waals surface area contributed by atoms with Gasteiger partial charge in [0.2, 0.25) is 5.95 Å². The van der Waals surface area contributed by atoms with Crippen LogP contribution in [0.3, 0.4) is 0 Å². The summed E-state index contributed by atoms with van der Waals surface area (Å²) in [5.41, 5.74) is 2.63. The van der Waals surface area contributed by atoms with Gasteiger partial charge in [-0.15, -0.1) is 0 Å². The largest absolute Gasteiger partial charge is 0.353 e.